The molecular formula is C12H15F2N. The summed E-state index contributed by atoms with van der Waals surface area (Å²) in [7, 11) is 0. The van der Waals surface area contributed by atoms with Gasteiger partial charge in [0.1, 0.15) is 0 Å². The van der Waals surface area contributed by atoms with Gasteiger partial charge in [0.2, 0.25) is 5.92 Å². The van der Waals surface area contributed by atoms with Crippen LogP contribution in [0.2, 0.25) is 0 Å². The fourth-order valence-electron chi connectivity index (χ4n) is 2.13. The summed E-state index contributed by atoms with van der Waals surface area (Å²) in [6, 6.07) is 5.83. The summed E-state index contributed by atoms with van der Waals surface area (Å²) < 4.78 is 25.9. The molecule has 1 nitrogen and oxygen atoms in total. The lowest BCUT2D eigenvalue weighted by Gasteiger charge is -2.27. The third kappa shape index (κ3) is 2.52. The van der Waals surface area contributed by atoms with Crippen LogP contribution in [-0.2, 0) is 0 Å². The molecule has 0 radical (unpaired) electrons. The molecule has 0 aromatic carbocycles. The lowest BCUT2D eigenvalue weighted by atomic mass is 9.84. The molecule has 0 aliphatic heterocycles. The summed E-state index contributed by atoms with van der Waals surface area (Å²) in [4.78, 5) is 4.40. The molecule has 82 valence electrons. The number of halogens is 2. The molecule has 0 amide bonds. The molecule has 1 heterocycles. The van der Waals surface area contributed by atoms with Gasteiger partial charge in [-0.1, -0.05) is 6.07 Å². The Morgan fingerprint density at radius 1 is 1.27 bits per heavy atom. The second kappa shape index (κ2) is 3.87. The molecule has 15 heavy (non-hydrogen) atoms. The molecule has 1 saturated carbocycles. The first-order valence-electron chi connectivity index (χ1n) is 5.38. The molecule has 0 bridgehead atoms. The fraction of sp³-hybridized carbons (Fsp3) is 0.583. The van der Waals surface area contributed by atoms with Crippen LogP contribution in [0, 0.1) is 6.92 Å². The summed E-state index contributed by atoms with van der Waals surface area (Å²) in [5, 5.41) is 0. The Morgan fingerprint density at radius 2 is 1.93 bits per heavy atom. The zero-order valence-corrected chi connectivity index (χ0v) is 8.84. The summed E-state index contributed by atoms with van der Waals surface area (Å²) in [6.07, 6.45) is 1.13. The van der Waals surface area contributed by atoms with Crippen LogP contribution in [0.1, 0.15) is 43.0 Å². The van der Waals surface area contributed by atoms with Crippen molar-refractivity contribution in [3.8, 4) is 0 Å². The van der Waals surface area contributed by atoms with Crippen molar-refractivity contribution < 1.29 is 8.78 Å². The second-order valence-corrected chi connectivity index (χ2v) is 4.33. The number of hydrogen-bond acceptors (Lipinski definition) is 1. The number of pyridine rings is 1. The molecule has 1 aromatic rings. The van der Waals surface area contributed by atoms with Crippen LogP contribution >= 0.6 is 0 Å². The van der Waals surface area contributed by atoms with E-state index in [4.69, 9.17) is 0 Å². The molecule has 1 fully saturated rings. The van der Waals surface area contributed by atoms with Gasteiger partial charge in [-0.2, -0.15) is 0 Å². The first-order valence-corrected chi connectivity index (χ1v) is 5.38. The van der Waals surface area contributed by atoms with Gasteiger partial charge in [0.25, 0.3) is 0 Å². The molecule has 0 N–H and O–H groups in total. The highest BCUT2D eigenvalue weighted by Crippen LogP contribution is 2.40. The van der Waals surface area contributed by atoms with Crippen LogP contribution in [0.25, 0.3) is 0 Å². The van der Waals surface area contributed by atoms with Gasteiger partial charge in [-0.3, -0.25) is 4.98 Å². The van der Waals surface area contributed by atoms with E-state index in [1.54, 1.807) is 0 Å². The van der Waals surface area contributed by atoms with Gasteiger partial charge in [0, 0.05) is 30.1 Å². The van der Waals surface area contributed by atoms with E-state index in [2.05, 4.69) is 4.98 Å². The predicted molar refractivity (Wildman–Crippen MR) is 55.1 cm³/mol. The number of hydrogen-bond donors (Lipinski definition) is 0. The Labute approximate surface area is 88.5 Å². The third-order valence-corrected chi connectivity index (χ3v) is 3.05. The predicted octanol–water partition coefficient (Wildman–Crippen LogP) is 3.68. The van der Waals surface area contributed by atoms with Crippen LogP contribution in [-0.4, -0.2) is 10.9 Å². The number of rotatable bonds is 1. The maximum Gasteiger partial charge on any atom is 0.248 e. The van der Waals surface area contributed by atoms with Gasteiger partial charge in [0.15, 0.2) is 0 Å². The molecule has 0 unspecified atom stereocenters. The number of aromatic nitrogens is 1. The van der Waals surface area contributed by atoms with E-state index < -0.39 is 5.92 Å². The highest BCUT2D eigenvalue weighted by atomic mass is 19.3. The average molecular weight is 211 g/mol. The molecular weight excluding hydrogens is 196 g/mol. The van der Waals surface area contributed by atoms with Crippen molar-refractivity contribution in [3.05, 3.63) is 29.6 Å². The van der Waals surface area contributed by atoms with E-state index in [1.807, 2.05) is 25.1 Å². The minimum absolute atomic E-state index is 0.00723. The molecule has 0 atom stereocenters. The van der Waals surface area contributed by atoms with E-state index in [0.29, 0.717) is 12.8 Å². The van der Waals surface area contributed by atoms with Gasteiger partial charge in [-0.15, -0.1) is 0 Å². The van der Waals surface area contributed by atoms with E-state index >= 15 is 0 Å². The minimum atomic E-state index is -2.44. The Morgan fingerprint density at radius 3 is 2.53 bits per heavy atom. The molecule has 1 aliphatic carbocycles. The number of alkyl halides is 2. The molecule has 2 rings (SSSR count). The molecule has 1 aliphatic rings. The van der Waals surface area contributed by atoms with E-state index in [0.717, 1.165) is 11.4 Å². The Bertz CT molecular complexity index is 339. The van der Waals surface area contributed by atoms with Crippen LogP contribution in [0.5, 0.6) is 0 Å². The second-order valence-electron chi connectivity index (χ2n) is 4.33. The van der Waals surface area contributed by atoms with E-state index in [9.17, 15) is 8.78 Å². The normalized spacial score (nSPS) is 21.5. The maximum absolute atomic E-state index is 13.0. The van der Waals surface area contributed by atoms with Crippen LogP contribution < -0.4 is 0 Å². The molecule has 3 heteroatoms. The van der Waals surface area contributed by atoms with Crippen molar-refractivity contribution in [2.24, 2.45) is 0 Å². The zero-order valence-electron chi connectivity index (χ0n) is 8.84. The van der Waals surface area contributed by atoms with Crippen molar-refractivity contribution in [2.45, 2.75) is 44.4 Å². The Hall–Kier alpha value is -0.990. The Balaban J connectivity index is 2.08. The highest BCUT2D eigenvalue weighted by molar-refractivity contribution is 5.14. The van der Waals surface area contributed by atoms with Crippen LogP contribution in [0.15, 0.2) is 18.2 Å². The van der Waals surface area contributed by atoms with Crippen molar-refractivity contribution >= 4 is 0 Å². The van der Waals surface area contributed by atoms with Crippen LogP contribution in [0.3, 0.4) is 0 Å². The van der Waals surface area contributed by atoms with Crippen molar-refractivity contribution in [1.29, 1.82) is 0 Å². The van der Waals surface area contributed by atoms with Crippen molar-refractivity contribution in [1.82, 2.24) is 4.98 Å². The maximum atomic E-state index is 13.0. The van der Waals surface area contributed by atoms with Crippen molar-refractivity contribution in [2.75, 3.05) is 0 Å². The summed E-state index contributed by atoms with van der Waals surface area (Å²) >= 11 is 0. The van der Waals surface area contributed by atoms with Gasteiger partial charge in [-0.05, 0) is 31.9 Å². The molecule has 0 saturated heterocycles. The number of aryl methyl sites for hydroxylation is 1. The Kier molecular flexibility index (Phi) is 2.72. The summed E-state index contributed by atoms with van der Waals surface area (Å²) in [5.74, 6) is -2.22. The quantitative estimate of drug-likeness (QED) is 0.690. The molecule has 0 spiro atoms. The van der Waals surface area contributed by atoms with E-state index in [1.165, 1.54) is 0 Å². The summed E-state index contributed by atoms with van der Waals surface area (Å²) in [5.41, 5.74) is 1.94. The zero-order chi connectivity index (χ0) is 10.9. The third-order valence-electron chi connectivity index (χ3n) is 3.05. The largest absolute Gasteiger partial charge is 0.258 e. The monoisotopic (exact) mass is 211 g/mol. The average Bonchev–Trinajstić information content (AvgIpc) is 2.17. The van der Waals surface area contributed by atoms with Gasteiger partial charge < -0.3 is 0 Å². The van der Waals surface area contributed by atoms with Crippen molar-refractivity contribution in [3.63, 3.8) is 0 Å². The standard InChI is InChI=1S/C12H15F2N/c1-9-3-2-4-11(15-9)10-5-7-12(13,14)8-6-10/h2-4,10H,5-8H2,1H3. The van der Waals surface area contributed by atoms with Crippen LogP contribution in [0.4, 0.5) is 8.78 Å². The first kappa shape index (κ1) is 10.5. The number of nitrogens with zero attached hydrogens (tertiary/aromatic N) is 1. The lowest BCUT2D eigenvalue weighted by Crippen LogP contribution is -2.24. The smallest absolute Gasteiger partial charge is 0.248 e. The lowest BCUT2D eigenvalue weighted by molar-refractivity contribution is -0.0384. The first-order chi connectivity index (χ1) is 7.07. The van der Waals surface area contributed by atoms with E-state index in [-0.39, 0.29) is 18.8 Å². The molecule has 1 aromatic heterocycles. The van der Waals surface area contributed by atoms with Gasteiger partial charge in [-0.25, -0.2) is 8.78 Å². The van der Waals surface area contributed by atoms with Gasteiger partial charge >= 0.3 is 0 Å². The fourth-order valence-corrected chi connectivity index (χ4v) is 2.13. The topological polar surface area (TPSA) is 12.9 Å². The summed E-state index contributed by atoms with van der Waals surface area (Å²) in [6.45, 7) is 1.93. The SMILES string of the molecule is Cc1cccc(C2CCC(F)(F)CC2)n1. The highest BCUT2D eigenvalue weighted by Gasteiger charge is 2.35. The van der Waals surface area contributed by atoms with Gasteiger partial charge in [0.05, 0.1) is 0 Å². The minimum Gasteiger partial charge on any atom is -0.258 e.